The van der Waals surface area contributed by atoms with Gasteiger partial charge >= 0.3 is 0 Å². The van der Waals surface area contributed by atoms with Crippen molar-refractivity contribution in [3.8, 4) is 0 Å². The van der Waals surface area contributed by atoms with Crippen molar-refractivity contribution >= 4 is 17.3 Å². The Balaban J connectivity index is 2.26. The number of anilines is 2. The highest BCUT2D eigenvalue weighted by atomic mass is 19.2. The van der Waals surface area contributed by atoms with Crippen LogP contribution >= 0.6 is 0 Å². The molecule has 0 radical (unpaired) electrons. The van der Waals surface area contributed by atoms with Crippen molar-refractivity contribution in [2.24, 2.45) is 0 Å². The highest BCUT2D eigenvalue weighted by molar-refractivity contribution is 6.04. The van der Waals surface area contributed by atoms with Gasteiger partial charge in [0.15, 0.2) is 11.6 Å². The Morgan fingerprint density at radius 2 is 2.00 bits per heavy atom. The number of aromatic nitrogens is 1. The Hall–Kier alpha value is -2.50. The minimum atomic E-state index is -1.19. The largest absolute Gasteiger partial charge is 0.395 e. The van der Waals surface area contributed by atoms with Gasteiger partial charge in [-0.2, -0.15) is 0 Å². The van der Waals surface area contributed by atoms with E-state index in [4.69, 9.17) is 5.73 Å². The maximum atomic E-state index is 13.2. The van der Waals surface area contributed by atoms with Crippen molar-refractivity contribution in [2.45, 2.75) is 0 Å². The first-order valence-electron chi connectivity index (χ1n) is 5.05. The van der Waals surface area contributed by atoms with Crippen LogP contribution in [-0.2, 0) is 0 Å². The molecule has 1 heterocycles. The van der Waals surface area contributed by atoms with E-state index in [1.165, 1.54) is 18.3 Å². The summed E-state index contributed by atoms with van der Waals surface area (Å²) >= 11 is 0. The summed E-state index contributed by atoms with van der Waals surface area (Å²) in [6, 6.07) is 6.86. The van der Waals surface area contributed by atoms with Crippen LogP contribution in [0.25, 0.3) is 0 Å². The fourth-order valence-electron chi connectivity index (χ4n) is 1.36. The molecule has 92 valence electrons. The van der Waals surface area contributed by atoms with E-state index in [9.17, 15) is 13.6 Å². The van der Waals surface area contributed by atoms with Gasteiger partial charge in [-0.25, -0.2) is 8.78 Å². The number of nitrogens with zero attached hydrogens (tertiary/aromatic N) is 1. The normalized spacial score (nSPS) is 10.1. The van der Waals surface area contributed by atoms with Crippen molar-refractivity contribution < 1.29 is 13.6 Å². The fourth-order valence-corrected chi connectivity index (χ4v) is 1.36. The lowest BCUT2D eigenvalue weighted by atomic mass is 10.2. The lowest BCUT2D eigenvalue weighted by Crippen LogP contribution is -2.15. The number of amides is 1. The van der Waals surface area contributed by atoms with Gasteiger partial charge in [0.1, 0.15) is 5.69 Å². The van der Waals surface area contributed by atoms with Crippen molar-refractivity contribution in [3.05, 3.63) is 53.9 Å². The average Bonchev–Trinajstić information content (AvgIpc) is 2.40. The lowest BCUT2D eigenvalue weighted by molar-refractivity contribution is 0.102. The number of carbonyl (C=O) groups excluding carboxylic acids is 1. The van der Waals surface area contributed by atoms with Crippen LogP contribution in [0.4, 0.5) is 20.2 Å². The minimum absolute atomic E-state index is 0.00422. The maximum Gasteiger partial charge on any atom is 0.274 e. The average molecular weight is 249 g/mol. The third kappa shape index (κ3) is 2.27. The van der Waals surface area contributed by atoms with E-state index in [-0.39, 0.29) is 11.4 Å². The summed E-state index contributed by atoms with van der Waals surface area (Å²) in [5.41, 5.74) is 5.07. The van der Waals surface area contributed by atoms with Crippen molar-refractivity contribution in [1.82, 2.24) is 4.98 Å². The first-order valence-corrected chi connectivity index (χ1v) is 5.05. The van der Waals surface area contributed by atoms with E-state index in [1.54, 1.807) is 12.1 Å². The van der Waals surface area contributed by atoms with E-state index in [0.717, 1.165) is 6.07 Å². The van der Waals surface area contributed by atoms with Crippen LogP contribution < -0.4 is 11.1 Å². The molecule has 0 fully saturated rings. The third-order valence-electron chi connectivity index (χ3n) is 2.28. The molecule has 0 unspecified atom stereocenters. The Kier molecular flexibility index (Phi) is 3.18. The number of hydrogen-bond acceptors (Lipinski definition) is 3. The number of benzene rings is 1. The molecule has 1 amide bonds. The molecule has 0 saturated carbocycles. The summed E-state index contributed by atoms with van der Waals surface area (Å²) in [5.74, 6) is -2.80. The molecule has 0 aliphatic heterocycles. The molecule has 0 saturated heterocycles. The molecule has 3 N–H and O–H groups in total. The van der Waals surface area contributed by atoms with Gasteiger partial charge in [-0.3, -0.25) is 9.78 Å². The molecule has 0 spiro atoms. The van der Waals surface area contributed by atoms with E-state index in [2.05, 4.69) is 10.3 Å². The van der Waals surface area contributed by atoms with Crippen LogP contribution in [0.5, 0.6) is 0 Å². The highest BCUT2D eigenvalue weighted by Crippen LogP contribution is 2.24. The molecule has 0 aliphatic carbocycles. The zero-order chi connectivity index (χ0) is 13.1. The van der Waals surface area contributed by atoms with Gasteiger partial charge < -0.3 is 11.1 Å². The zero-order valence-electron chi connectivity index (χ0n) is 9.15. The number of carbonyl (C=O) groups is 1. The van der Waals surface area contributed by atoms with Gasteiger partial charge in [0.05, 0.1) is 11.4 Å². The number of halogens is 2. The van der Waals surface area contributed by atoms with Crippen LogP contribution in [0.3, 0.4) is 0 Å². The molecule has 1 aromatic carbocycles. The molecule has 0 bridgehead atoms. The lowest BCUT2D eigenvalue weighted by Gasteiger charge is -2.08. The topological polar surface area (TPSA) is 68.0 Å². The van der Waals surface area contributed by atoms with Crippen LogP contribution in [-0.4, -0.2) is 10.9 Å². The van der Waals surface area contributed by atoms with E-state index < -0.39 is 23.2 Å². The maximum absolute atomic E-state index is 13.2. The third-order valence-corrected chi connectivity index (χ3v) is 2.28. The number of nitrogen functional groups attached to an aromatic ring is 1. The molecule has 2 aromatic rings. The van der Waals surface area contributed by atoms with Gasteiger partial charge in [0, 0.05) is 6.20 Å². The molecule has 18 heavy (non-hydrogen) atoms. The molecular weight excluding hydrogens is 240 g/mol. The summed E-state index contributed by atoms with van der Waals surface area (Å²) in [5, 5.41) is 2.36. The predicted octanol–water partition coefficient (Wildman–Crippen LogP) is 2.19. The number of hydrogen-bond donors (Lipinski definition) is 2. The van der Waals surface area contributed by atoms with Crippen molar-refractivity contribution in [1.29, 1.82) is 0 Å². The van der Waals surface area contributed by atoms with Crippen LogP contribution in [0, 0.1) is 11.6 Å². The molecular formula is C12H9F2N3O. The van der Waals surface area contributed by atoms with Crippen LogP contribution in [0.15, 0.2) is 36.5 Å². The van der Waals surface area contributed by atoms with Crippen molar-refractivity contribution in [3.63, 3.8) is 0 Å². The quantitative estimate of drug-likeness (QED) is 0.801. The summed E-state index contributed by atoms with van der Waals surface area (Å²) in [4.78, 5) is 15.5. The second-order valence-electron chi connectivity index (χ2n) is 3.49. The summed E-state index contributed by atoms with van der Waals surface area (Å²) in [6.07, 6.45) is 1.45. The first-order chi connectivity index (χ1) is 8.59. The monoisotopic (exact) mass is 249 g/mol. The van der Waals surface area contributed by atoms with Gasteiger partial charge in [0.25, 0.3) is 5.91 Å². The van der Waals surface area contributed by atoms with Crippen LogP contribution in [0.1, 0.15) is 10.5 Å². The van der Waals surface area contributed by atoms with E-state index in [1.807, 2.05) is 0 Å². The van der Waals surface area contributed by atoms with Gasteiger partial charge in [0.2, 0.25) is 0 Å². The van der Waals surface area contributed by atoms with Gasteiger partial charge in [-0.1, -0.05) is 6.07 Å². The predicted molar refractivity (Wildman–Crippen MR) is 63.0 cm³/mol. The standard InChI is InChI=1S/C12H9F2N3O/c13-7-4-5-8(11(15)10(7)14)17-12(18)9-3-1-2-6-16-9/h1-6H,15H2,(H,17,18). The highest BCUT2D eigenvalue weighted by Gasteiger charge is 2.13. The fraction of sp³-hybridized carbons (Fsp3) is 0. The van der Waals surface area contributed by atoms with Crippen molar-refractivity contribution in [2.75, 3.05) is 11.1 Å². The zero-order valence-corrected chi connectivity index (χ0v) is 9.15. The molecule has 6 heteroatoms. The van der Waals surface area contributed by atoms with Gasteiger partial charge in [-0.05, 0) is 24.3 Å². The summed E-state index contributed by atoms with van der Waals surface area (Å²) in [7, 11) is 0. The number of nitrogens with two attached hydrogens (primary N) is 1. The van der Waals surface area contributed by atoms with Crippen LogP contribution in [0.2, 0.25) is 0 Å². The Labute approximate surface area is 101 Å². The Morgan fingerprint density at radius 3 is 2.67 bits per heavy atom. The number of pyridine rings is 1. The molecule has 4 nitrogen and oxygen atoms in total. The summed E-state index contributed by atoms with van der Waals surface area (Å²) < 4.78 is 26.0. The number of rotatable bonds is 2. The second-order valence-corrected chi connectivity index (χ2v) is 3.49. The Morgan fingerprint density at radius 1 is 1.22 bits per heavy atom. The van der Waals surface area contributed by atoms with Gasteiger partial charge in [-0.15, -0.1) is 0 Å². The smallest absolute Gasteiger partial charge is 0.274 e. The second kappa shape index (κ2) is 4.79. The summed E-state index contributed by atoms with van der Waals surface area (Å²) in [6.45, 7) is 0. The molecule has 1 aromatic heterocycles. The van der Waals surface area contributed by atoms with E-state index in [0.29, 0.717) is 0 Å². The Bertz CT molecular complexity index is 587. The SMILES string of the molecule is Nc1c(NC(=O)c2ccccn2)ccc(F)c1F. The first kappa shape index (κ1) is 12.0. The minimum Gasteiger partial charge on any atom is -0.395 e. The van der Waals surface area contributed by atoms with E-state index >= 15 is 0 Å². The molecule has 0 atom stereocenters. The molecule has 2 rings (SSSR count). The molecule has 0 aliphatic rings. The number of nitrogens with one attached hydrogen (secondary N) is 1.